The van der Waals surface area contributed by atoms with Gasteiger partial charge >= 0.3 is 0 Å². The summed E-state index contributed by atoms with van der Waals surface area (Å²) in [6.45, 7) is 1.40. The van der Waals surface area contributed by atoms with Gasteiger partial charge in [-0.15, -0.1) is 0 Å². The third-order valence-corrected chi connectivity index (χ3v) is 5.89. The van der Waals surface area contributed by atoms with E-state index < -0.39 is 27.9 Å². The van der Waals surface area contributed by atoms with Gasteiger partial charge in [0, 0.05) is 11.3 Å². The average Bonchev–Trinajstić information content (AvgIpc) is 2.67. The van der Waals surface area contributed by atoms with Crippen molar-refractivity contribution in [3.63, 3.8) is 0 Å². The van der Waals surface area contributed by atoms with Gasteiger partial charge in [-0.3, -0.25) is 13.9 Å². The van der Waals surface area contributed by atoms with Gasteiger partial charge in [0.05, 0.1) is 18.0 Å². The minimum Gasteiger partial charge on any atom is -0.476 e. The molecule has 2 amide bonds. The van der Waals surface area contributed by atoms with E-state index in [-0.39, 0.29) is 17.9 Å². The first-order valence-electron chi connectivity index (χ1n) is 8.28. The molecule has 1 unspecified atom stereocenters. The molecule has 1 heterocycles. The molecular formula is C18H19N3O5S. The summed E-state index contributed by atoms with van der Waals surface area (Å²) in [5.41, 5.74) is 6.26. The number of carbonyl (C=O) groups is 2. The summed E-state index contributed by atoms with van der Waals surface area (Å²) in [7, 11) is -3.58. The third-order valence-electron chi connectivity index (χ3n) is 4.14. The van der Waals surface area contributed by atoms with Crippen LogP contribution in [0.4, 0.5) is 11.4 Å². The Hall–Kier alpha value is -3.07. The van der Waals surface area contributed by atoms with Crippen molar-refractivity contribution >= 4 is 33.2 Å². The van der Waals surface area contributed by atoms with E-state index in [1.807, 2.05) is 0 Å². The van der Waals surface area contributed by atoms with Crippen LogP contribution in [-0.4, -0.2) is 38.6 Å². The maximum atomic E-state index is 12.6. The Balaban J connectivity index is 1.86. The third kappa shape index (κ3) is 3.87. The standard InChI is InChI=1S/C18H19N3O5S/c1-2-27(24,25)21-11-16(26-15-9-4-3-8-14(15)21)18(23)20-13-7-5-6-12(10-13)17(19)22/h3-10,16H,2,11H2,1H3,(H2,19,22)(H,20,23). The van der Waals surface area contributed by atoms with E-state index in [4.69, 9.17) is 10.5 Å². The second-order valence-electron chi connectivity index (χ2n) is 5.94. The highest BCUT2D eigenvalue weighted by molar-refractivity contribution is 7.92. The number of benzene rings is 2. The van der Waals surface area contributed by atoms with Gasteiger partial charge in [0.2, 0.25) is 15.9 Å². The zero-order valence-corrected chi connectivity index (χ0v) is 15.4. The van der Waals surface area contributed by atoms with E-state index in [0.717, 1.165) is 0 Å². The number of rotatable bonds is 5. The first-order chi connectivity index (χ1) is 12.8. The number of amides is 2. The Labute approximate surface area is 157 Å². The number of nitrogens with two attached hydrogens (primary N) is 1. The number of fused-ring (bicyclic) bond motifs is 1. The number of hydrogen-bond donors (Lipinski definition) is 2. The van der Waals surface area contributed by atoms with Crippen molar-refractivity contribution in [2.75, 3.05) is 21.9 Å². The number of nitrogens with one attached hydrogen (secondary N) is 1. The highest BCUT2D eigenvalue weighted by Crippen LogP contribution is 2.35. The highest BCUT2D eigenvalue weighted by Gasteiger charge is 2.35. The van der Waals surface area contributed by atoms with Crippen molar-refractivity contribution in [1.82, 2.24) is 0 Å². The largest absolute Gasteiger partial charge is 0.476 e. The van der Waals surface area contributed by atoms with Crippen LogP contribution in [0.5, 0.6) is 5.75 Å². The molecule has 0 saturated heterocycles. The van der Waals surface area contributed by atoms with E-state index >= 15 is 0 Å². The number of anilines is 2. The van der Waals surface area contributed by atoms with Gasteiger partial charge in [-0.05, 0) is 37.3 Å². The molecule has 2 aromatic rings. The van der Waals surface area contributed by atoms with Crippen LogP contribution >= 0.6 is 0 Å². The van der Waals surface area contributed by atoms with Gasteiger partial charge in [0.15, 0.2) is 6.10 Å². The Morgan fingerprint density at radius 1 is 1.22 bits per heavy atom. The molecule has 142 valence electrons. The van der Waals surface area contributed by atoms with E-state index in [9.17, 15) is 18.0 Å². The summed E-state index contributed by atoms with van der Waals surface area (Å²) >= 11 is 0. The summed E-state index contributed by atoms with van der Waals surface area (Å²) in [5.74, 6) is -0.931. The summed E-state index contributed by atoms with van der Waals surface area (Å²) in [4.78, 5) is 23.9. The summed E-state index contributed by atoms with van der Waals surface area (Å²) in [5, 5.41) is 2.63. The molecule has 0 aromatic heterocycles. The molecule has 0 radical (unpaired) electrons. The van der Waals surface area contributed by atoms with Crippen LogP contribution in [0.2, 0.25) is 0 Å². The lowest BCUT2D eigenvalue weighted by molar-refractivity contribution is -0.122. The summed E-state index contributed by atoms with van der Waals surface area (Å²) < 4.78 is 31.8. The van der Waals surface area contributed by atoms with Crippen LogP contribution < -0.4 is 20.1 Å². The van der Waals surface area contributed by atoms with Crippen molar-refractivity contribution < 1.29 is 22.7 Å². The zero-order chi connectivity index (χ0) is 19.6. The normalized spacial score (nSPS) is 16.2. The van der Waals surface area contributed by atoms with Crippen molar-refractivity contribution in [2.45, 2.75) is 13.0 Å². The quantitative estimate of drug-likeness (QED) is 0.800. The molecule has 0 aliphatic carbocycles. The smallest absolute Gasteiger partial charge is 0.267 e. The molecule has 1 aliphatic rings. The van der Waals surface area contributed by atoms with Gasteiger partial charge in [-0.25, -0.2) is 8.42 Å². The molecule has 2 aromatic carbocycles. The molecule has 3 rings (SSSR count). The molecule has 0 fully saturated rings. The fraction of sp³-hybridized carbons (Fsp3) is 0.222. The van der Waals surface area contributed by atoms with Gasteiger partial charge in [-0.1, -0.05) is 18.2 Å². The molecule has 9 heteroatoms. The Kier molecular flexibility index (Phi) is 5.04. The van der Waals surface area contributed by atoms with Crippen LogP contribution in [0.3, 0.4) is 0 Å². The highest BCUT2D eigenvalue weighted by atomic mass is 32.2. The molecule has 0 spiro atoms. The maximum absolute atomic E-state index is 12.6. The molecule has 0 bridgehead atoms. The van der Waals surface area contributed by atoms with Crippen LogP contribution in [0, 0.1) is 0 Å². The second kappa shape index (κ2) is 7.28. The summed E-state index contributed by atoms with van der Waals surface area (Å²) in [6, 6.07) is 12.8. The number of para-hydroxylation sites is 2. The van der Waals surface area contributed by atoms with Crippen molar-refractivity contribution in [3.8, 4) is 5.75 Å². The molecule has 0 saturated carbocycles. The van der Waals surface area contributed by atoms with Gasteiger partial charge in [-0.2, -0.15) is 0 Å². The van der Waals surface area contributed by atoms with Crippen molar-refractivity contribution in [1.29, 1.82) is 0 Å². The van der Waals surface area contributed by atoms with E-state index in [2.05, 4.69) is 5.32 Å². The minimum absolute atomic E-state index is 0.101. The number of carbonyl (C=O) groups excluding carboxylic acids is 2. The average molecular weight is 389 g/mol. The SMILES string of the molecule is CCS(=O)(=O)N1CC(C(=O)Nc2cccc(C(N)=O)c2)Oc2ccccc21. The van der Waals surface area contributed by atoms with Crippen LogP contribution in [0.15, 0.2) is 48.5 Å². The fourth-order valence-corrected chi connectivity index (χ4v) is 3.86. The second-order valence-corrected chi connectivity index (χ2v) is 8.12. The molecule has 27 heavy (non-hydrogen) atoms. The van der Waals surface area contributed by atoms with Crippen molar-refractivity contribution in [3.05, 3.63) is 54.1 Å². The molecule has 1 atom stereocenters. The summed E-state index contributed by atoms with van der Waals surface area (Å²) in [6.07, 6.45) is -1.04. The lowest BCUT2D eigenvalue weighted by Crippen LogP contribution is -2.49. The Morgan fingerprint density at radius 3 is 2.67 bits per heavy atom. The molecule has 8 nitrogen and oxygen atoms in total. The van der Waals surface area contributed by atoms with Gasteiger partial charge in [0.25, 0.3) is 5.91 Å². The number of nitrogens with zero attached hydrogens (tertiary/aromatic N) is 1. The van der Waals surface area contributed by atoms with Crippen LogP contribution in [-0.2, 0) is 14.8 Å². The maximum Gasteiger partial charge on any atom is 0.267 e. The predicted molar refractivity (Wildman–Crippen MR) is 101 cm³/mol. The van der Waals surface area contributed by atoms with E-state index in [0.29, 0.717) is 17.1 Å². The van der Waals surface area contributed by atoms with E-state index in [1.165, 1.54) is 23.4 Å². The first-order valence-corrected chi connectivity index (χ1v) is 9.89. The van der Waals surface area contributed by atoms with Gasteiger partial charge < -0.3 is 15.8 Å². The Bertz CT molecular complexity index is 990. The molecule has 1 aliphatic heterocycles. The Morgan fingerprint density at radius 2 is 1.96 bits per heavy atom. The number of hydrogen-bond acceptors (Lipinski definition) is 5. The first kappa shape index (κ1) is 18.7. The number of ether oxygens (including phenoxy) is 1. The zero-order valence-electron chi connectivity index (χ0n) is 14.6. The monoisotopic (exact) mass is 389 g/mol. The number of sulfonamides is 1. The molecular weight excluding hydrogens is 370 g/mol. The predicted octanol–water partition coefficient (Wildman–Crippen LogP) is 1.34. The lowest BCUT2D eigenvalue weighted by atomic mass is 10.1. The van der Waals surface area contributed by atoms with Gasteiger partial charge in [0.1, 0.15) is 5.75 Å². The number of primary amides is 1. The topological polar surface area (TPSA) is 119 Å². The van der Waals surface area contributed by atoms with Crippen molar-refractivity contribution in [2.24, 2.45) is 5.73 Å². The molecule has 3 N–H and O–H groups in total. The minimum atomic E-state index is -3.58. The lowest BCUT2D eigenvalue weighted by Gasteiger charge is -2.34. The van der Waals surface area contributed by atoms with E-state index in [1.54, 1.807) is 36.4 Å². The fourth-order valence-electron chi connectivity index (χ4n) is 2.73. The van der Waals surface area contributed by atoms with Crippen LogP contribution in [0.25, 0.3) is 0 Å². The van der Waals surface area contributed by atoms with Crippen LogP contribution in [0.1, 0.15) is 17.3 Å².